The number of allylic oxidation sites excluding steroid dienone is 6. The van der Waals surface area contributed by atoms with Crippen LogP contribution in [0.1, 0.15) is 51.7 Å². The second-order valence-electron chi connectivity index (χ2n) is 10.8. The van der Waals surface area contributed by atoms with Gasteiger partial charge in [0.25, 0.3) is 20.2 Å². The minimum atomic E-state index is -4.31. The van der Waals surface area contributed by atoms with Gasteiger partial charge < -0.3 is 4.90 Å². The van der Waals surface area contributed by atoms with Crippen molar-refractivity contribution in [1.82, 2.24) is 0 Å². The Labute approximate surface area is 231 Å². The van der Waals surface area contributed by atoms with Gasteiger partial charge >= 0.3 is 0 Å². The van der Waals surface area contributed by atoms with Crippen molar-refractivity contribution >= 4 is 37.3 Å². The Balaban J connectivity index is 1.64. The maximum absolute atomic E-state index is 11.8. The fraction of sp³-hybridized carbons (Fsp3) is 0.345. The van der Waals surface area contributed by atoms with E-state index >= 15 is 0 Å². The highest BCUT2D eigenvalue weighted by Crippen LogP contribution is 2.50. The van der Waals surface area contributed by atoms with E-state index in [0.29, 0.717) is 0 Å². The molecule has 0 radical (unpaired) electrons. The molecule has 2 aromatic carbocycles. The van der Waals surface area contributed by atoms with Crippen molar-refractivity contribution in [2.45, 2.75) is 61.2 Å². The lowest BCUT2D eigenvalue weighted by Gasteiger charge is -2.28. The van der Waals surface area contributed by atoms with Gasteiger partial charge in [-0.3, -0.25) is 9.11 Å². The fourth-order valence-electron chi connectivity index (χ4n) is 5.94. The summed E-state index contributed by atoms with van der Waals surface area (Å²) < 4.78 is 68.0. The van der Waals surface area contributed by atoms with Crippen molar-refractivity contribution in [1.29, 1.82) is 0 Å². The van der Waals surface area contributed by atoms with Gasteiger partial charge in [0.15, 0.2) is 5.71 Å². The van der Waals surface area contributed by atoms with E-state index < -0.39 is 31.1 Å². The number of rotatable bonds is 7. The van der Waals surface area contributed by atoms with Gasteiger partial charge in [0, 0.05) is 41.6 Å². The Bertz CT molecular complexity index is 1680. The maximum atomic E-state index is 11.8. The zero-order valence-electron chi connectivity index (χ0n) is 23.0. The average Bonchev–Trinajstić information content (AvgIpc) is 3.17. The lowest BCUT2D eigenvalue weighted by atomic mass is 9.77. The molecule has 0 bridgehead atoms. The number of hydrogen-bond donors (Lipinski definition) is 2. The summed E-state index contributed by atoms with van der Waals surface area (Å²) in [5.74, 6) is 0. The summed E-state index contributed by atoms with van der Waals surface area (Å²) in [4.78, 5) is 1.82. The zero-order valence-corrected chi connectivity index (χ0v) is 24.6. The van der Waals surface area contributed by atoms with Crippen LogP contribution >= 0.6 is 0 Å². The summed E-state index contributed by atoms with van der Waals surface area (Å²) in [7, 11) is -4.73. The van der Waals surface area contributed by atoms with E-state index in [1.807, 2.05) is 62.9 Å². The van der Waals surface area contributed by atoms with Crippen LogP contribution in [-0.4, -0.2) is 50.3 Å². The van der Waals surface area contributed by atoms with E-state index in [1.54, 1.807) is 18.2 Å². The third kappa shape index (κ3) is 5.02. The Kier molecular flexibility index (Phi) is 7.31. The Morgan fingerprint density at radius 2 is 1.49 bits per heavy atom. The van der Waals surface area contributed by atoms with Gasteiger partial charge in [-0.05, 0) is 69.2 Å². The van der Waals surface area contributed by atoms with Crippen LogP contribution < -0.4 is 4.90 Å². The van der Waals surface area contributed by atoms with E-state index in [2.05, 4.69) is 18.7 Å². The summed E-state index contributed by atoms with van der Waals surface area (Å²) in [6.45, 7) is 8.19. The van der Waals surface area contributed by atoms with Crippen LogP contribution in [0.4, 0.5) is 11.4 Å². The van der Waals surface area contributed by atoms with Crippen LogP contribution in [0.5, 0.6) is 0 Å². The highest BCUT2D eigenvalue weighted by atomic mass is 32.2. The molecule has 0 spiro atoms. The maximum Gasteiger partial charge on any atom is 0.294 e. The van der Waals surface area contributed by atoms with Gasteiger partial charge in [-0.25, -0.2) is 0 Å². The first-order chi connectivity index (χ1) is 18.0. The van der Waals surface area contributed by atoms with Crippen LogP contribution in [0.25, 0.3) is 0 Å². The fourth-order valence-corrected chi connectivity index (χ4v) is 6.95. The quantitative estimate of drug-likeness (QED) is 0.260. The van der Waals surface area contributed by atoms with Crippen molar-refractivity contribution in [3.63, 3.8) is 0 Å². The van der Waals surface area contributed by atoms with Crippen LogP contribution in [0.3, 0.4) is 0 Å². The third-order valence-electron chi connectivity index (χ3n) is 7.93. The number of likely N-dealkylation sites (N-methyl/N-ethyl adjacent to an activating group) is 1. The molecule has 2 aliphatic heterocycles. The molecule has 0 saturated heterocycles. The first-order valence-electron chi connectivity index (χ1n) is 12.7. The largest absolute Gasteiger partial charge is 0.347 e. The van der Waals surface area contributed by atoms with Crippen LogP contribution in [0.2, 0.25) is 0 Å². The average molecular weight is 572 g/mol. The van der Waals surface area contributed by atoms with E-state index in [4.69, 9.17) is 0 Å². The van der Waals surface area contributed by atoms with E-state index in [0.717, 1.165) is 46.8 Å². The van der Waals surface area contributed by atoms with Gasteiger partial charge in [-0.15, -0.1) is 0 Å². The normalized spacial score (nSPS) is 21.9. The first kappa shape index (κ1) is 28.9. The second-order valence-corrected chi connectivity index (χ2v) is 13.7. The van der Waals surface area contributed by atoms with E-state index in [9.17, 15) is 25.9 Å². The van der Waals surface area contributed by atoms with Gasteiger partial charge in [-0.1, -0.05) is 31.6 Å². The molecule has 0 aliphatic carbocycles. The minimum Gasteiger partial charge on any atom is -0.347 e. The predicted octanol–water partition coefficient (Wildman–Crippen LogP) is 5.39. The molecule has 1 atom stereocenters. The molecule has 0 amide bonds. The molecule has 208 valence electrons. The number of anilines is 1. The standard InChI is InChI=1S/C29H34N2O6S2/c1-7-17-29(4)23-19-21(39(35,36)37)14-16-25(23)31(6)27(29)12-10-8-9-11-26-28(2,3)22-18-20(38(32,33)34)13-15-24(22)30(26)5/h8-16,18-19H,7,17H2,1-6H3,(H-,32,33,34,35,36,37)/p+1. The topological polar surface area (TPSA) is 115 Å². The number of hydrogen-bond acceptors (Lipinski definition) is 5. The Morgan fingerprint density at radius 1 is 0.897 bits per heavy atom. The third-order valence-corrected chi connectivity index (χ3v) is 9.63. The molecule has 0 aromatic heterocycles. The molecular formula is C29H35N2O6S2+. The Hall–Kier alpha value is -3.05. The summed E-state index contributed by atoms with van der Waals surface area (Å²) >= 11 is 0. The zero-order chi connectivity index (χ0) is 29.0. The van der Waals surface area contributed by atoms with E-state index in [1.165, 1.54) is 18.2 Å². The molecular weight excluding hydrogens is 536 g/mol. The molecule has 2 N–H and O–H groups in total. The summed E-state index contributed by atoms with van der Waals surface area (Å²) in [6.07, 6.45) is 11.5. The molecule has 10 heteroatoms. The SMILES string of the molecule is CCCC1(C)C(=CC=CC=CC2=[N+](C)c3ccc(S(=O)(=O)O)cc3C2(C)C)N(C)c2ccc(S(=O)(=O)O)cc21. The monoisotopic (exact) mass is 571 g/mol. The van der Waals surface area contributed by atoms with Gasteiger partial charge in [0.05, 0.1) is 15.2 Å². The minimum absolute atomic E-state index is 0.110. The lowest BCUT2D eigenvalue weighted by Crippen LogP contribution is -2.26. The summed E-state index contributed by atoms with van der Waals surface area (Å²) in [6, 6.07) is 9.36. The van der Waals surface area contributed by atoms with Gasteiger partial charge in [-0.2, -0.15) is 21.4 Å². The van der Waals surface area contributed by atoms with Crippen molar-refractivity contribution in [3.8, 4) is 0 Å². The van der Waals surface area contributed by atoms with Crippen molar-refractivity contribution in [2.24, 2.45) is 0 Å². The summed E-state index contributed by atoms with van der Waals surface area (Å²) in [5.41, 5.74) is 4.55. The smallest absolute Gasteiger partial charge is 0.294 e. The van der Waals surface area contributed by atoms with E-state index in [-0.39, 0.29) is 9.79 Å². The second kappa shape index (κ2) is 9.85. The van der Waals surface area contributed by atoms with Crippen LogP contribution in [0.15, 0.2) is 82.3 Å². The Morgan fingerprint density at radius 3 is 2.08 bits per heavy atom. The van der Waals surface area contributed by atoms with Gasteiger partial charge in [0.2, 0.25) is 5.69 Å². The molecule has 0 saturated carbocycles. The molecule has 39 heavy (non-hydrogen) atoms. The summed E-state index contributed by atoms with van der Waals surface area (Å²) in [5, 5.41) is 0. The number of fused-ring (bicyclic) bond motifs is 2. The molecule has 2 heterocycles. The number of benzene rings is 2. The highest BCUT2D eigenvalue weighted by molar-refractivity contribution is 7.86. The highest BCUT2D eigenvalue weighted by Gasteiger charge is 2.44. The lowest BCUT2D eigenvalue weighted by molar-refractivity contribution is -0.401. The van der Waals surface area contributed by atoms with Crippen molar-refractivity contribution in [3.05, 3.63) is 83.6 Å². The first-order valence-corrected chi connectivity index (χ1v) is 15.6. The van der Waals surface area contributed by atoms with Crippen LogP contribution in [-0.2, 0) is 31.1 Å². The predicted molar refractivity (Wildman–Crippen MR) is 153 cm³/mol. The molecule has 2 aromatic rings. The van der Waals surface area contributed by atoms with Crippen molar-refractivity contribution in [2.75, 3.05) is 19.0 Å². The molecule has 0 fully saturated rings. The molecule has 1 unspecified atom stereocenters. The van der Waals surface area contributed by atoms with Gasteiger partial charge in [0.1, 0.15) is 7.05 Å². The molecule has 8 nitrogen and oxygen atoms in total. The van der Waals surface area contributed by atoms with Crippen molar-refractivity contribution < 1.29 is 30.5 Å². The molecule has 2 aliphatic rings. The number of nitrogens with zero attached hydrogens (tertiary/aromatic N) is 2. The van der Waals surface area contributed by atoms with Crippen LogP contribution in [0, 0.1) is 0 Å². The molecule has 4 rings (SSSR count).